The van der Waals surface area contributed by atoms with Gasteiger partial charge in [-0.2, -0.15) is 0 Å². The molecule has 2 amide bonds. The summed E-state index contributed by atoms with van der Waals surface area (Å²) in [6, 6.07) is 25.5. The van der Waals surface area contributed by atoms with Crippen molar-refractivity contribution in [3.8, 4) is 11.5 Å². The minimum Gasteiger partial charge on any atom is -0.492 e. The van der Waals surface area contributed by atoms with E-state index in [9.17, 15) is 14.0 Å². The number of halogens is 3. The zero-order valence-electron chi connectivity index (χ0n) is 31.6. The molecule has 3 N–H and O–H groups in total. The van der Waals surface area contributed by atoms with Crippen LogP contribution >= 0.6 is 24.0 Å². The zero-order chi connectivity index (χ0) is 38.2. The maximum Gasteiger partial charge on any atom is 0.256 e. The molecule has 292 valence electrons. The van der Waals surface area contributed by atoms with Gasteiger partial charge < -0.3 is 34.7 Å². The first kappa shape index (κ1) is 41.6. The molecule has 0 radical (unpaired) electrons. The Kier molecular flexibility index (Phi) is 14.2. The van der Waals surface area contributed by atoms with Crippen molar-refractivity contribution in [1.82, 2.24) is 15.6 Å². The maximum atomic E-state index is 14.4. The smallest absolute Gasteiger partial charge is 0.256 e. The van der Waals surface area contributed by atoms with Crippen LogP contribution in [-0.2, 0) is 27.3 Å². The number of benzene rings is 4. The summed E-state index contributed by atoms with van der Waals surface area (Å²) in [6.45, 7) is 8.51. The highest BCUT2D eigenvalue weighted by Crippen LogP contribution is 2.45. The topological polar surface area (TPSA) is 105 Å². The highest BCUT2D eigenvalue weighted by molar-refractivity contribution is 6.30. The molecule has 2 atom stereocenters. The first-order valence-electron chi connectivity index (χ1n) is 18.3. The lowest BCUT2D eigenvalue weighted by atomic mass is 9.94. The molecule has 12 heteroatoms. The van der Waals surface area contributed by atoms with E-state index in [0.717, 1.165) is 31.4 Å². The highest BCUT2D eigenvalue weighted by atomic mass is 35.5. The first-order valence-corrected chi connectivity index (χ1v) is 18.7. The molecule has 0 unspecified atom stereocenters. The fourth-order valence-corrected chi connectivity index (χ4v) is 6.98. The van der Waals surface area contributed by atoms with Gasteiger partial charge in [-0.05, 0) is 73.3 Å². The lowest BCUT2D eigenvalue weighted by Crippen LogP contribution is -2.45. The number of aromatic nitrogens is 1. The van der Waals surface area contributed by atoms with E-state index in [1.165, 1.54) is 17.0 Å². The van der Waals surface area contributed by atoms with Crippen molar-refractivity contribution < 1.29 is 28.2 Å². The van der Waals surface area contributed by atoms with E-state index in [1.807, 2.05) is 51.1 Å². The van der Waals surface area contributed by atoms with Gasteiger partial charge in [-0.1, -0.05) is 80.9 Å². The third kappa shape index (κ3) is 10.4. The largest absolute Gasteiger partial charge is 0.492 e. The van der Waals surface area contributed by atoms with Crippen LogP contribution in [0.1, 0.15) is 62.0 Å². The molecule has 0 spiro atoms. The molecule has 0 bridgehead atoms. The Balaban J connectivity index is 0.00000580. The number of hydrogen-bond donors (Lipinski definition) is 3. The highest BCUT2D eigenvalue weighted by Gasteiger charge is 2.40. The van der Waals surface area contributed by atoms with Gasteiger partial charge in [0.1, 0.15) is 18.0 Å². The van der Waals surface area contributed by atoms with Crippen molar-refractivity contribution in [2.24, 2.45) is 5.41 Å². The molecule has 1 aliphatic rings. The van der Waals surface area contributed by atoms with Gasteiger partial charge in [-0.3, -0.25) is 9.59 Å². The number of aromatic amines is 1. The summed E-state index contributed by atoms with van der Waals surface area (Å²) in [4.78, 5) is 32.7. The van der Waals surface area contributed by atoms with Gasteiger partial charge in [0.25, 0.3) is 5.91 Å². The predicted octanol–water partition coefficient (Wildman–Crippen LogP) is 8.57. The molecule has 6 rings (SSSR count). The van der Waals surface area contributed by atoms with Crippen molar-refractivity contribution in [1.29, 1.82) is 0 Å². The lowest BCUT2D eigenvalue weighted by molar-refractivity contribution is -0.138. The van der Waals surface area contributed by atoms with Gasteiger partial charge in [-0.15, -0.1) is 12.4 Å². The number of carbonyl (C=O) groups is 2. The average molecular weight is 792 g/mol. The third-order valence-corrected chi connectivity index (χ3v) is 9.57. The van der Waals surface area contributed by atoms with Crippen LogP contribution in [-0.4, -0.2) is 56.3 Å². The van der Waals surface area contributed by atoms with Crippen molar-refractivity contribution in [3.05, 3.63) is 124 Å². The van der Waals surface area contributed by atoms with Crippen LogP contribution in [0.25, 0.3) is 10.9 Å². The molecular weight excluding hydrogens is 742 g/mol. The summed E-state index contributed by atoms with van der Waals surface area (Å²) < 4.78 is 33.2. The minimum absolute atomic E-state index is 0. The maximum absolute atomic E-state index is 14.4. The van der Waals surface area contributed by atoms with Crippen LogP contribution in [0.3, 0.4) is 0 Å². The zero-order valence-corrected chi connectivity index (χ0v) is 33.2. The number of para-hydroxylation sites is 2. The summed E-state index contributed by atoms with van der Waals surface area (Å²) in [7, 11) is 1.57. The van der Waals surface area contributed by atoms with Crippen LogP contribution in [0.15, 0.2) is 91.1 Å². The Labute approximate surface area is 333 Å². The molecule has 0 fully saturated rings. The molecule has 9 nitrogen and oxygen atoms in total. The first-order chi connectivity index (χ1) is 26.0. The monoisotopic (exact) mass is 790 g/mol. The number of rotatable bonds is 15. The van der Waals surface area contributed by atoms with Crippen molar-refractivity contribution in [2.45, 2.75) is 58.8 Å². The van der Waals surface area contributed by atoms with Crippen LogP contribution < -0.4 is 25.0 Å². The fraction of sp³-hybridized carbons (Fsp3) is 0.349. The molecule has 0 aliphatic carbocycles. The summed E-state index contributed by atoms with van der Waals surface area (Å²) in [5.41, 5.74) is 4.39. The van der Waals surface area contributed by atoms with Gasteiger partial charge >= 0.3 is 0 Å². The molecule has 4 aromatic carbocycles. The number of hydrogen-bond acceptors (Lipinski definition) is 6. The number of methoxy groups -OCH3 is 1. The SMILES string of the molecule is COc1c(OCCCNCCc2c[nH]c3ccccc23)cccc1[C@H]1O[C@H](CC(=O)NCc2ccccc2F)C(=O)N(CC(C)(C)C)c2ccc(Cl)cc21.Cl. The van der Waals surface area contributed by atoms with Gasteiger partial charge in [0.2, 0.25) is 5.91 Å². The molecule has 0 saturated carbocycles. The van der Waals surface area contributed by atoms with Crippen molar-refractivity contribution >= 4 is 52.4 Å². The number of nitrogens with zero attached hydrogens (tertiary/aromatic N) is 1. The van der Waals surface area contributed by atoms with E-state index in [0.29, 0.717) is 52.1 Å². The summed E-state index contributed by atoms with van der Waals surface area (Å²) in [5.74, 6) is -0.243. The van der Waals surface area contributed by atoms with Crippen LogP contribution in [0.2, 0.25) is 5.02 Å². The van der Waals surface area contributed by atoms with Gasteiger partial charge in [0.15, 0.2) is 11.5 Å². The Hall–Kier alpha value is -4.61. The van der Waals surface area contributed by atoms with E-state index in [-0.39, 0.29) is 36.7 Å². The molecular formula is C43H49Cl2FN4O5. The fourth-order valence-electron chi connectivity index (χ4n) is 6.80. The number of fused-ring (bicyclic) bond motifs is 2. The second kappa shape index (κ2) is 18.8. The number of ether oxygens (including phenoxy) is 3. The number of amides is 2. The third-order valence-electron chi connectivity index (χ3n) is 9.34. The minimum atomic E-state index is -1.17. The second-order valence-electron chi connectivity index (χ2n) is 14.7. The van der Waals surface area contributed by atoms with Crippen molar-refractivity contribution in [2.75, 3.05) is 38.3 Å². The summed E-state index contributed by atoms with van der Waals surface area (Å²) >= 11 is 6.60. The number of anilines is 1. The van der Waals surface area contributed by atoms with Gasteiger partial charge in [0.05, 0.1) is 20.1 Å². The lowest BCUT2D eigenvalue weighted by Gasteiger charge is -2.31. The predicted molar refractivity (Wildman–Crippen MR) is 218 cm³/mol. The Morgan fingerprint density at radius 1 is 0.982 bits per heavy atom. The normalized spacial score (nSPS) is 15.6. The molecule has 5 aromatic rings. The Morgan fingerprint density at radius 3 is 2.55 bits per heavy atom. The Morgan fingerprint density at radius 2 is 1.76 bits per heavy atom. The quantitative estimate of drug-likeness (QED) is 0.0919. The summed E-state index contributed by atoms with van der Waals surface area (Å²) in [6.07, 6.45) is 1.45. The van der Waals surface area contributed by atoms with E-state index >= 15 is 0 Å². The van der Waals surface area contributed by atoms with E-state index < -0.39 is 23.9 Å². The van der Waals surface area contributed by atoms with Gasteiger partial charge in [0, 0.05) is 57.6 Å². The average Bonchev–Trinajstić information content (AvgIpc) is 3.53. The van der Waals surface area contributed by atoms with Crippen LogP contribution in [0.4, 0.5) is 10.1 Å². The Bertz CT molecular complexity index is 2080. The van der Waals surface area contributed by atoms with E-state index in [2.05, 4.69) is 40.0 Å². The van der Waals surface area contributed by atoms with E-state index in [1.54, 1.807) is 42.3 Å². The van der Waals surface area contributed by atoms with E-state index in [4.69, 9.17) is 25.8 Å². The molecule has 2 heterocycles. The van der Waals surface area contributed by atoms with Crippen molar-refractivity contribution in [3.63, 3.8) is 0 Å². The molecule has 55 heavy (non-hydrogen) atoms. The molecule has 0 saturated heterocycles. The number of carbonyl (C=O) groups excluding carboxylic acids is 2. The number of nitrogens with one attached hydrogen (secondary N) is 3. The standard InChI is InChI=1S/C43H48ClFN4O5.ClH/c1-43(2,3)27-49-36-18-17-30(44)23-33(36)40(54-38(42(49)51)24-39(50)48-26-29-11-5-7-14-34(29)45)32-13-9-16-37(41(32)52-4)53-22-10-20-46-21-19-28-25-47-35-15-8-6-12-31(28)35;/h5-9,11-18,23,25,38,40,46-47H,10,19-22,24,26-27H2,1-4H3,(H,48,50);1H/t38-,40-;/m1./s1. The second-order valence-corrected chi connectivity index (χ2v) is 15.1. The number of H-pyrrole nitrogens is 1. The van der Waals surface area contributed by atoms with Crippen LogP contribution in [0, 0.1) is 11.2 Å². The summed E-state index contributed by atoms with van der Waals surface area (Å²) in [5, 5.41) is 7.99. The molecule has 1 aliphatic heterocycles. The molecule has 1 aromatic heterocycles. The van der Waals surface area contributed by atoms with Crippen LogP contribution in [0.5, 0.6) is 11.5 Å². The van der Waals surface area contributed by atoms with Gasteiger partial charge in [-0.25, -0.2) is 4.39 Å².